The van der Waals surface area contributed by atoms with Crippen LogP contribution in [-0.2, 0) is 11.2 Å². The maximum absolute atomic E-state index is 12.6. The number of carbonyl (C=O) groups excluding carboxylic acids is 1. The highest BCUT2D eigenvalue weighted by Gasteiger charge is 2.49. The van der Waals surface area contributed by atoms with Crippen molar-refractivity contribution in [3.05, 3.63) is 71.8 Å². The number of amides is 1. The van der Waals surface area contributed by atoms with Crippen LogP contribution in [0.2, 0.25) is 0 Å². The number of benzene rings is 2. The summed E-state index contributed by atoms with van der Waals surface area (Å²) >= 11 is 0. The molecule has 0 spiro atoms. The fourth-order valence-electron chi connectivity index (χ4n) is 3.17. The van der Waals surface area contributed by atoms with E-state index in [4.69, 9.17) is 0 Å². The zero-order valence-electron chi connectivity index (χ0n) is 12.6. The standard InChI is InChI=1S/C19H21NO/c1-15(17-11-7-4-8-12-17)20-14-19(2,18(20)21)13-16-9-5-3-6-10-16/h3-12,15H,13-14H2,1-2H3/t15-,19-/m0/s1. The van der Waals surface area contributed by atoms with Crippen molar-refractivity contribution in [2.24, 2.45) is 5.41 Å². The largest absolute Gasteiger partial charge is 0.334 e. The van der Waals surface area contributed by atoms with E-state index >= 15 is 0 Å². The highest BCUT2D eigenvalue weighted by molar-refractivity contribution is 5.89. The van der Waals surface area contributed by atoms with Crippen molar-refractivity contribution in [3.8, 4) is 0 Å². The molecule has 1 aliphatic rings. The Morgan fingerprint density at radius 2 is 1.62 bits per heavy atom. The molecule has 1 fully saturated rings. The third-order valence-electron chi connectivity index (χ3n) is 4.48. The number of hydrogen-bond acceptors (Lipinski definition) is 1. The first kappa shape index (κ1) is 13.9. The molecule has 1 amide bonds. The van der Waals surface area contributed by atoms with Gasteiger partial charge in [-0.1, -0.05) is 60.7 Å². The molecule has 2 aromatic rings. The maximum atomic E-state index is 12.6. The van der Waals surface area contributed by atoms with Gasteiger partial charge in [0.05, 0.1) is 11.5 Å². The maximum Gasteiger partial charge on any atom is 0.231 e. The predicted molar refractivity (Wildman–Crippen MR) is 84.8 cm³/mol. The first-order valence-corrected chi connectivity index (χ1v) is 7.50. The fraction of sp³-hybridized carbons (Fsp3) is 0.316. The second kappa shape index (κ2) is 5.36. The third kappa shape index (κ3) is 2.58. The second-order valence-corrected chi connectivity index (χ2v) is 6.24. The predicted octanol–water partition coefficient (Wildman–Crippen LogP) is 3.84. The third-order valence-corrected chi connectivity index (χ3v) is 4.48. The van der Waals surface area contributed by atoms with E-state index in [9.17, 15) is 4.79 Å². The first-order valence-electron chi connectivity index (χ1n) is 7.50. The molecule has 0 aliphatic carbocycles. The summed E-state index contributed by atoms with van der Waals surface area (Å²) in [5.41, 5.74) is 2.19. The number of hydrogen-bond donors (Lipinski definition) is 0. The summed E-state index contributed by atoms with van der Waals surface area (Å²) in [4.78, 5) is 14.6. The number of nitrogens with zero attached hydrogens (tertiary/aromatic N) is 1. The summed E-state index contributed by atoms with van der Waals surface area (Å²) in [6, 6.07) is 20.7. The lowest BCUT2D eigenvalue weighted by Gasteiger charge is -2.50. The number of likely N-dealkylation sites (tertiary alicyclic amines) is 1. The van der Waals surface area contributed by atoms with Crippen molar-refractivity contribution in [1.29, 1.82) is 0 Å². The quantitative estimate of drug-likeness (QED) is 0.779. The van der Waals surface area contributed by atoms with Gasteiger partial charge in [0.2, 0.25) is 5.91 Å². The Morgan fingerprint density at radius 3 is 2.19 bits per heavy atom. The Bertz CT molecular complexity index is 623. The van der Waals surface area contributed by atoms with E-state index < -0.39 is 0 Å². The smallest absolute Gasteiger partial charge is 0.231 e. The Hall–Kier alpha value is -2.09. The molecule has 0 radical (unpaired) electrons. The van der Waals surface area contributed by atoms with Crippen molar-refractivity contribution in [2.75, 3.05) is 6.54 Å². The molecule has 1 heterocycles. The Labute approximate surface area is 126 Å². The number of rotatable bonds is 4. The SMILES string of the molecule is C[C@@H](c1ccccc1)N1C[C@](C)(Cc2ccccc2)C1=O. The van der Waals surface area contributed by atoms with Gasteiger partial charge < -0.3 is 4.90 Å². The highest BCUT2D eigenvalue weighted by atomic mass is 16.2. The van der Waals surface area contributed by atoms with E-state index in [0.717, 1.165) is 13.0 Å². The van der Waals surface area contributed by atoms with Crippen LogP contribution in [0.4, 0.5) is 0 Å². The van der Waals surface area contributed by atoms with Crippen LogP contribution in [0.3, 0.4) is 0 Å². The van der Waals surface area contributed by atoms with Crippen LogP contribution in [0, 0.1) is 5.41 Å². The molecule has 108 valence electrons. The van der Waals surface area contributed by atoms with Crippen molar-refractivity contribution < 1.29 is 4.79 Å². The van der Waals surface area contributed by atoms with Crippen LogP contribution < -0.4 is 0 Å². The minimum atomic E-state index is -0.246. The van der Waals surface area contributed by atoms with Gasteiger partial charge in [-0.3, -0.25) is 4.79 Å². The van der Waals surface area contributed by atoms with Crippen LogP contribution >= 0.6 is 0 Å². The molecule has 2 nitrogen and oxygen atoms in total. The summed E-state index contributed by atoms with van der Waals surface area (Å²) in [5.74, 6) is 0.266. The first-order chi connectivity index (χ1) is 10.1. The molecule has 0 unspecified atom stereocenters. The zero-order chi connectivity index (χ0) is 14.9. The molecule has 1 saturated heterocycles. The number of β-lactam (4-membered cyclic amide) rings is 1. The molecule has 2 atom stereocenters. The van der Waals surface area contributed by atoms with E-state index in [1.54, 1.807) is 0 Å². The Kier molecular flexibility index (Phi) is 3.54. The van der Waals surface area contributed by atoms with E-state index in [1.165, 1.54) is 11.1 Å². The molecular weight excluding hydrogens is 258 g/mol. The van der Waals surface area contributed by atoms with Crippen molar-refractivity contribution >= 4 is 5.91 Å². The van der Waals surface area contributed by atoms with E-state index in [2.05, 4.69) is 38.1 Å². The monoisotopic (exact) mass is 279 g/mol. The van der Waals surface area contributed by atoms with Crippen LogP contribution in [0.1, 0.15) is 31.0 Å². The summed E-state index contributed by atoms with van der Waals surface area (Å²) in [6.07, 6.45) is 0.824. The van der Waals surface area contributed by atoms with Gasteiger partial charge in [-0.25, -0.2) is 0 Å². The van der Waals surface area contributed by atoms with Gasteiger partial charge in [0.25, 0.3) is 0 Å². The molecule has 2 heteroatoms. The minimum absolute atomic E-state index is 0.155. The van der Waals surface area contributed by atoms with E-state index in [1.807, 2.05) is 41.3 Å². The summed E-state index contributed by atoms with van der Waals surface area (Å²) in [5, 5.41) is 0. The summed E-state index contributed by atoms with van der Waals surface area (Å²) in [6.45, 7) is 5.02. The number of carbonyl (C=O) groups is 1. The van der Waals surface area contributed by atoms with Crippen molar-refractivity contribution in [3.63, 3.8) is 0 Å². The lowest BCUT2D eigenvalue weighted by atomic mass is 9.74. The average molecular weight is 279 g/mol. The molecule has 0 aromatic heterocycles. The zero-order valence-corrected chi connectivity index (χ0v) is 12.6. The van der Waals surface area contributed by atoms with E-state index in [0.29, 0.717) is 0 Å². The van der Waals surface area contributed by atoms with Crippen LogP contribution in [0.25, 0.3) is 0 Å². The Balaban J connectivity index is 1.70. The normalized spacial score (nSPS) is 22.8. The molecule has 21 heavy (non-hydrogen) atoms. The summed E-state index contributed by atoms with van der Waals surface area (Å²) in [7, 11) is 0. The van der Waals surface area contributed by atoms with Gasteiger partial charge in [0.15, 0.2) is 0 Å². The molecule has 0 bridgehead atoms. The fourth-order valence-corrected chi connectivity index (χ4v) is 3.17. The topological polar surface area (TPSA) is 20.3 Å². The van der Waals surface area contributed by atoms with E-state index in [-0.39, 0.29) is 17.4 Å². The van der Waals surface area contributed by atoms with Crippen LogP contribution in [0.5, 0.6) is 0 Å². The van der Waals surface area contributed by atoms with Crippen molar-refractivity contribution in [1.82, 2.24) is 4.90 Å². The van der Waals surface area contributed by atoms with Gasteiger partial charge in [0, 0.05) is 6.54 Å². The molecule has 2 aromatic carbocycles. The van der Waals surface area contributed by atoms with Gasteiger partial charge in [-0.15, -0.1) is 0 Å². The minimum Gasteiger partial charge on any atom is -0.334 e. The lowest BCUT2D eigenvalue weighted by Crippen LogP contribution is -2.61. The highest BCUT2D eigenvalue weighted by Crippen LogP contribution is 2.40. The molecule has 3 rings (SSSR count). The van der Waals surface area contributed by atoms with Gasteiger partial charge >= 0.3 is 0 Å². The van der Waals surface area contributed by atoms with Crippen LogP contribution in [0.15, 0.2) is 60.7 Å². The van der Waals surface area contributed by atoms with Crippen LogP contribution in [-0.4, -0.2) is 17.4 Å². The second-order valence-electron chi connectivity index (χ2n) is 6.24. The lowest BCUT2D eigenvalue weighted by molar-refractivity contribution is -0.162. The molecule has 0 saturated carbocycles. The van der Waals surface area contributed by atoms with Crippen molar-refractivity contribution in [2.45, 2.75) is 26.3 Å². The van der Waals surface area contributed by atoms with Gasteiger partial charge in [-0.05, 0) is 31.4 Å². The molecule has 0 N–H and O–H groups in total. The summed E-state index contributed by atoms with van der Waals surface area (Å²) < 4.78 is 0. The van der Waals surface area contributed by atoms with Gasteiger partial charge in [-0.2, -0.15) is 0 Å². The average Bonchev–Trinajstić information content (AvgIpc) is 2.53. The van der Waals surface area contributed by atoms with Gasteiger partial charge in [0.1, 0.15) is 0 Å². The molecule has 1 aliphatic heterocycles. The molecular formula is C19H21NO. The Morgan fingerprint density at radius 1 is 1.05 bits per heavy atom.